The van der Waals surface area contributed by atoms with Crippen molar-refractivity contribution < 1.29 is 9.90 Å². The van der Waals surface area contributed by atoms with Crippen LogP contribution in [0.1, 0.15) is 47.3 Å². The minimum atomic E-state index is -0.0394. The van der Waals surface area contributed by atoms with E-state index in [1.165, 1.54) is 0 Å². The quantitative estimate of drug-likeness (QED) is 0.724. The van der Waals surface area contributed by atoms with Crippen molar-refractivity contribution in [2.24, 2.45) is 0 Å². The van der Waals surface area contributed by atoms with Crippen molar-refractivity contribution in [1.29, 1.82) is 0 Å². The van der Waals surface area contributed by atoms with Crippen LogP contribution in [0, 0.1) is 0 Å². The van der Waals surface area contributed by atoms with Gasteiger partial charge in [-0.3, -0.25) is 4.79 Å². The molecule has 1 aliphatic heterocycles. The van der Waals surface area contributed by atoms with Crippen molar-refractivity contribution >= 4 is 5.91 Å². The molecule has 1 amide bonds. The van der Waals surface area contributed by atoms with Crippen LogP contribution >= 0.6 is 0 Å². The van der Waals surface area contributed by atoms with Crippen LogP contribution < -0.4 is 10.6 Å². The topological polar surface area (TPSA) is 66.3 Å². The number of rotatable bonds is 7. The van der Waals surface area contributed by atoms with Crippen LogP contribution in [0.2, 0.25) is 0 Å². The van der Waals surface area contributed by atoms with Crippen molar-refractivity contribution in [2.45, 2.75) is 31.2 Å². The number of aliphatic hydroxyl groups is 1. The van der Waals surface area contributed by atoms with Crippen molar-refractivity contribution in [1.82, 2.24) is 15.2 Å². The largest absolute Gasteiger partial charge is 0.396 e. The SMILES string of the molecule is O=C(NCC(CCO)c1ccccc1)c1cccn1C1CCNCC1. The minimum absolute atomic E-state index is 0.0394. The van der Waals surface area contributed by atoms with Gasteiger partial charge in [0.2, 0.25) is 0 Å². The van der Waals surface area contributed by atoms with E-state index in [0.717, 1.165) is 37.2 Å². The lowest BCUT2D eigenvalue weighted by Crippen LogP contribution is -2.34. The molecule has 1 unspecified atom stereocenters. The van der Waals surface area contributed by atoms with E-state index in [9.17, 15) is 9.90 Å². The Morgan fingerprint density at radius 3 is 2.68 bits per heavy atom. The van der Waals surface area contributed by atoms with Gasteiger partial charge >= 0.3 is 0 Å². The highest BCUT2D eigenvalue weighted by molar-refractivity contribution is 5.92. The molecule has 1 saturated heterocycles. The van der Waals surface area contributed by atoms with Crippen molar-refractivity contribution in [3.8, 4) is 0 Å². The Morgan fingerprint density at radius 1 is 1.20 bits per heavy atom. The molecule has 3 N–H and O–H groups in total. The summed E-state index contributed by atoms with van der Waals surface area (Å²) in [6, 6.07) is 14.3. The van der Waals surface area contributed by atoms with E-state index in [1.54, 1.807) is 0 Å². The lowest BCUT2D eigenvalue weighted by Gasteiger charge is -2.26. The molecular weight excluding hydrogens is 314 g/mol. The first kappa shape index (κ1) is 17.7. The smallest absolute Gasteiger partial charge is 0.267 e. The molecule has 1 fully saturated rings. The van der Waals surface area contributed by atoms with Crippen LogP contribution in [0.15, 0.2) is 48.7 Å². The third-order valence-electron chi connectivity index (χ3n) is 4.97. The van der Waals surface area contributed by atoms with Crippen LogP contribution in [-0.2, 0) is 0 Å². The van der Waals surface area contributed by atoms with Crippen LogP contribution in [0.4, 0.5) is 0 Å². The number of hydrogen-bond acceptors (Lipinski definition) is 3. The van der Waals surface area contributed by atoms with Crippen molar-refractivity contribution in [3.05, 3.63) is 59.9 Å². The zero-order valence-electron chi connectivity index (χ0n) is 14.5. The van der Waals surface area contributed by atoms with Gasteiger partial charge in [0.15, 0.2) is 0 Å². The Labute approximate surface area is 149 Å². The second kappa shape index (κ2) is 8.83. The predicted molar refractivity (Wildman–Crippen MR) is 98.8 cm³/mol. The lowest BCUT2D eigenvalue weighted by molar-refractivity contribution is 0.0936. The van der Waals surface area contributed by atoms with E-state index < -0.39 is 0 Å². The summed E-state index contributed by atoms with van der Waals surface area (Å²) in [5, 5.41) is 15.8. The lowest BCUT2D eigenvalue weighted by atomic mass is 9.96. The first-order valence-electron chi connectivity index (χ1n) is 9.11. The molecule has 25 heavy (non-hydrogen) atoms. The summed E-state index contributed by atoms with van der Waals surface area (Å²) in [6.45, 7) is 2.63. The summed E-state index contributed by atoms with van der Waals surface area (Å²) in [7, 11) is 0. The van der Waals surface area contributed by atoms with E-state index >= 15 is 0 Å². The fourth-order valence-electron chi connectivity index (χ4n) is 3.56. The first-order valence-corrected chi connectivity index (χ1v) is 9.11. The maximum absolute atomic E-state index is 12.7. The normalized spacial score (nSPS) is 16.5. The molecule has 0 saturated carbocycles. The van der Waals surface area contributed by atoms with E-state index in [4.69, 9.17) is 0 Å². The van der Waals surface area contributed by atoms with Crippen LogP contribution in [-0.4, -0.2) is 41.8 Å². The molecular formula is C20H27N3O2. The third kappa shape index (κ3) is 4.50. The van der Waals surface area contributed by atoms with Gasteiger partial charge in [0.1, 0.15) is 5.69 Å². The predicted octanol–water partition coefficient (Wildman–Crippen LogP) is 2.31. The molecule has 0 aliphatic carbocycles. The molecule has 1 aromatic carbocycles. The first-order chi connectivity index (χ1) is 12.3. The Morgan fingerprint density at radius 2 is 1.96 bits per heavy atom. The maximum Gasteiger partial charge on any atom is 0.267 e. The second-order valence-electron chi connectivity index (χ2n) is 6.61. The molecule has 5 nitrogen and oxygen atoms in total. The fourth-order valence-corrected chi connectivity index (χ4v) is 3.56. The number of benzene rings is 1. The van der Waals surface area contributed by atoms with E-state index in [-0.39, 0.29) is 18.4 Å². The van der Waals surface area contributed by atoms with Crippen LogP contribution in [0.25, 0.3) is 0 Å². The summed E-state index contributed by atoms with van der Waals surface area (Å²) in [5.41, 5.74) is 1.87. The molecule has 0 spiro atoms. The van der Waals surface area contributed by atoms with Crippen LogP contribution in [0.5, 0.6) is 0 Å². The van der Waals surface area contributed by atoms with Gasteiger partial charge in [-0.25, -0.2) is 0 Å². The van der Waals surface area contributed by atoms with Gasteiger partial charge < -0.3 is 20.3 Å². The number of carbonyl (C=O) groups excluding carboxylic acids is 1. The summed E-state index contributed by atoms with van der Waals surface area (Å²) in [5.74, 6) is 0.0832. The molecule has 5 heteroatoms. The average Bonchev–Trinajstić information content (AvgIpc) is 3.16. The van der Waals surface area contributed by atoms with Crippen molar-refractivity contribution in [2.75, 3.05) is 26.2 Å². The molecule has 1 aliphatic rings. The van der Waals surface area contributed by atoms with Gasteiger partial charge in [0, 0.05) is 31.3 Å². The Hall–Kier alpha value is -2.11. The van der Waals surface area contributed by atoms with E-state index in [2.05, 4.69) is 15.2 Å². The van der Waals surface area contributed by atoms with Gasteiger partial charge in [0.05, 0.1) is 0 Å². The summed E-state index contributed by atoms with van der Waals surface area (Å²) in [6.07, 6.45) is 4.74. The number of aliphatic hydroxyl groups excluding tert-OH is 1. The zero-order chi connectivity index (χ0) is 17.5. The fraction of sp³-hybridized carbons (Fsp3) is 0.450. The molecule has 0 bridgehead atoms. The molecule has 3 rings (SSSR count). The zero-order valence-corrected chi connectivity index (χ0v) is 14.5. The molecule has 1 aromatic heterocycles. The number of amides is 1. The van der Waals surface area contributed by atoms with Crippen LogP contribution in [0.3, 0.4) is 0 Å². The summed E-state index contributed by atoms with van der Waals surface area (Å²) in [4.78, 5) is 12.7. The number of piperidine rings is 1. The number of nitrogens with one attached hydrogen (secondary N) is 2. The van der Waals surface area contributed by atoms with Gasteiger partial charge in [0.25, 0.3) is 5.91 Å². The molecule has 1 atom stereocenters. The number of nitrogens with zero attached hydrogens (tertiary/aromatic N) is 1. The molecule has 134 valence electrons. The Balaban J connectivity index is 1.65. The highest BCUT2D eigenvalue weighted by atomic mass is 16.3. The van der Waals surface area contributed by atoms with Crippen molar-refractivity contribution in [3.63, 3.8) is 0 Å². The Bertz CT molecular complexity index is 663. The van der Waals surface area contributed by atoms with Gasteiger partial charge in [-0.05, 0) is 50.0 Å². The Kier molecular flexibility index (Phi) is 6.25. The maximum atomic E-state index is 12.7. The third-order valence-corrected chi connectivity index (χ3v) is 4.97. The monoisotopic (exact) mass is 341 g/mol. The minimum Gasteiger partial charge on any atom is -0.396 e. The standard InChI is InChI=1S/C20H27N3O2/c24-14-10-17(16-5-2-1-3-6-16)15-22-20(25)19-7-4-13-23(19)18-8-11-21-12-9-18/h1-7,13,17-18,21,24H,8-12,14-15H2,(H,22,25). The highest BCUT2D eigenvalue weighted by Gasteiger charge is 2.20. The number of aromatic nitrogens is 1. The van der Waals surface area contributed by atoms with E-state index in [0.29, 0.717) is 19.0 Å². The molecule has 0 radical (unpaired) electrons. The highest BCUT2D eigenvalue weighted by Crippen LogP contribution is 2.22. The van der Waals surface area contributed by atoms with Gasteiger partial charge in [-0.2, -0.15) is 0 Å². The summed E-state index contributed by atoms with van der Waals surface area (Å²) >= 11 is 0. The van der Waals surface area contributed by atoms with Gasteiger partial charge in [-0.1, -0.05) is 30.3 Å². The molecule has 2 aromatic rings. The van der Waals surface area contributed by atoms with Gasteiger partial charge in [-0.15, -0.1) is 0 Å². The van der Waals surface area contributed by atoms with E-state index in [1.807, 2.05) is 48.7 Å². The number of hydrogen-bond donors (Lipinski definition) is 3. The average molecular weight is 341 g/mol. The number of carbonyl (C=O) groups is 1. The summed E-state index contributed by atoms with van der Waals surface area (Å²) < 4.78 is 2.11. The molecule has 2 heterocycles. The second-order valence-corrected chi connectivity index (χ2v) is 6.61.